The number of aromatic amines is 1. The van der Waals surface area contributed by atoms with Gasteiger partial charge in [-0.05, 0) is 26.8 Å². The summed E-state index contributed by atoms with van der Waals surface area (Å²) in [6.07, 6.45) is 3.22. The summed E-state index contributed by atoms with van der Waals surface area (Å²) in [5.74, 6) is 0.303. The second kappa shape index (κ2) is 4.64. The molecule has 0 aliphatic carbocycles. The maximum Gasteiger partial charge on any atom is 0.325 e. The number of nitrogens with zero attached hydrogens (tertiary/aromatic N) is 2. The molecule has 0 saturated heterocycles. The highest BCUT2D eigenvalue weighted by atomic mass is 16.6. The Balaban J connectivity index is 2.02. The molecule has 0 radical (unpaired) electrons. The summed E-state index contributed by atoms with van der Waals surface area (Å²) in [5.41, 5.74) is 0.255. The molecule has 96 valence electrons. The van der Waals surface area contributed by atoms with E-state index in [0.29, 0.717) is 5.82 Å². The van der Waals surface area contributed by atoms with Crippen molar-refractivity contribution in [1.29, 1.82) is 0 Å². The van der Waals surface area contributed by atoms with Crippen molar-refractivity contribution in [3.8, 4) is 0 Å². The second-order valence-corrected chi connectivity index (χ2v) is 4.90. The van der Waals surface area contributed by atoms with E-state index in [2.05, 4.69) is 20.3 Å². The Morgan fingerprint density at radius 2 is 2.22 bits per heavy atom. The zero-order valence-electron chi connectivity index (χ0n) is 10.7. The van der Waals surface area contributed by atoms with Gasteiger partial charge in [0.1, 0.15) is 29.9 Å². The molecule has 2 rings (SSSR count). The average Bonchev–Trinajstić information content (AvgIpc) is 2.72. The van der Waals surface area contributed by atoms with Crippen LogP contribution in [0.1, 0.15) is 20.8 Å². The van der Waals surface area contributed by atoms with Crippen molar-refractivity contribution < 1.29 is 9.53 Å². The normalized spacial score (nSPS) is 11.5. The van der Waals surface area contributed by atoms with Gasteiger partial charge in [-0.15, -0.1) is 0 Å². The average molecular weight is 248 g/mol. The molecule has 2 N–H and O–H groups in total. The number of anilines is 1. The Bertz CT molecular complexity index is 556. The van der Waals surface area contributed by atoms with E-state index in [4.69, 9.17) is 4.74 Å². The third-order valence-electron chi connectivity index (χ3n) is 2.17. The maximum absolute atomic E-state index is 11.6. The van der Waals surface area contributed by atoms with Crippen LogP contribution in [0.2, 0.25) is 0 Å². The van der Waals surface area contributed by atoms with E-state index in [1.54, 1.807) is 6.20 Å². The Labute approximate surface area is 105 Å². The SMILES string of the molecule is CC(C)(C)OC(=O)CNc1ncnc2[nH]ccc12. The highest BCUT2D eigenvalue weighted by Gasteiger charge is 2.16. The van der Waals surface area contributed by atoms with Gasteiger partial charge in [-0.3, -0.25) is 4.79 Å². The minimum absolute atomic E-state index is 0.0779. The molecule has 0 saturated carbocycles. The maximum atomic E-state index is 11.6. The Hall–Kier alpha value is -2.11. The zero-order valence-corrected chi connectivity index (χ0v) is 10.7. The molecule has 6 heteroatoms. The van der Waals surface area contributed by atoms with Crippen molar-refractivity contribution in [2.24, 2.45) is 0 Å². The third kappa shape index (κ3) is 2.97. The van der Waals surface area contributed by atoms with Gasteiger partial charge in [0.15, 0.2) is 0 Å². The minimum Gasteiger partial charge on any atom is -0.459 e. The van der Waals surface area contributed by atoms with Gasteiger partial charge in [0, 0.05) is 6.20 Å². The molecule has 6 nitrogen and oxygen atoms in total. The lowest BCUT2D eigenvalue weighted by atomic mass is 10.2. The molecule has 0 aliphatic heterocycles. The van der Waals surface area contributed by atoms with Crippen LogP contribution >= 0.6 is 0 Å². The number of H-pyrrole nitrogens is 1. The van der Waals surface area contributed by atoms with Crippen LogP contribution in [0.15, 0.2) is 18.6 Å². The predicted octanol–water partition coefficient (Wildman–Crippen LogP) is 1.71. The van der Waals surface area contributed by atoms with Crippen molar-refractivity contribution in [2.45, 2.75) is 26.4 Å². The van der Waals surface area contributed by atoms with Gasteiger partial charge < -0.3 is 15.0 Å². The highest BCUT2D eigenvalue weighted by molar-refractivity contribution is 5.88. The number of hydrogen-bond donors (Lipinski definition) is 2. The largest absolute Gasteiger partial charge is 0.459 e. The molecule has 0 aromatic carbocycles. The van der Waals surface area contributed by atoms with Gasteiger partial charge in [-0.25, -0.2) is 9.97 Å². The van der Waals surface area contributed by atoms with Crippen molar-refractivity contribution in [3.63, 3.8) is 0 Å². The number of hydrogen-bond acceptors (Lipinski definition) is 5. The monoisotopic (exact) mass is 248 g/mol. The molecule has 0 unspecified atom stereocenters. The summed E-state index contributed by atoms with van der Waals surface area (Å²) in [5, 5.41) is 3.80. The van der Waals surface area contributed by atoms with Crippen LogP contribution < -0.4 is 5.32 Å². The lowest BCUT2D eigenvalue weighted by Crippen LogP contribution is -2.28. The quantitative estimate of drug-likeness (QED) is 0.808. The van der Waals surface area contributed by atoms with E-state index in [1.807, 2.05) is 26.8 Å². The second-order valence-electron chi connectivity index (χ2n) is 4.90. The van der Waals surface area contributed by atoms with Crippen LogP contribution in [0.4, 0.5) is 5.82 Å². The number of fused-ring (bicyclic) bond motifs is 1. The van der Waals surface area contributed by atoms with E-state index >= 15 is 0 Å². The summed E-state index contributed by atoms with van der Waals surface area (Å²) >= 11 is 0. The molecule has 0 atom stereocenters. The lowest BCUT2D eigenvalue weighted by Gasteiger charge is -2.19. The first-order valence-corrected chi connectivity index (χ1v) is 5.69. The molecule has 0 spiro atoms. The van der Waals surface area contributed by atoms with Gasteiger partial charge in [0.25, 0.3) is 0 Å². The fraction of sp³-hybridized carbons (Fsp3) is 0.417. The van der Waals surface area contributed by atoms with Crippen LogP contribution in [0.3, 0.4) is 0 Å². The third-order valence-corrected chi connectivity index (χ3v) is 2.17. The number of esters is 1. The molecule has 0 amide bonds. The van der Waals surface area contributed by atoms with Gasteiger partial charge in [-0.2, -0.15) is 0 Å². The Morgan fingerprint density at radius 1 is 1.44 bits per heavy atom. The zero-order chi connectivity index (χ0) is 13.2. The molecule has 0 bridgehead atoms. The number of ether oxygens (including phenoxy) is 1. The van der Waals surface area contributed by atoms with Crippen LogP contribution in [0, 0.1) is 0 Å². The van der Waals surface area contributed by atoms with Crippen molar-refractivity contribution in [3.05, 3.63) is 18.6 Å². The van der Waals surface area contributed by atoms with Crippen LogP contribution in [-0.2, 0) is 9.53 Å². The first kappa shape index (κ1) is 12.3. The topological polar surface area (TPSA) is 79.9 Å². The standard InChI is InChI=1S/C12H16N4O2/c1-12(2,3)18-9(17)6-14-11-8-4-5-13-10(8)15-7-16-11/h4-5,7H,6H2,1-3H3,(H2,13,14,15,16). The molecule has 0 fully saturated rings. The van der Waals surface area contributed by atoms with Crippen molar-refractivity contribution in [1.82, 2.24) is 15.0 Å². The first-order chi connectivity index (χ1) is 8.46. The molecular formula is C12H16N4O2. The fourth-order valence-corrected chi connectivity index (χ4v) is 1.55. The number of carbonyl (C=O) groups is 1. The number of nitrogens with one attached hydrogen (secondary N) is 2. The Morgan fingerprint density at radius 3 is 2.94 bits per heavy atom. The Kier molecular flexibility index (Phi) is 3.18. The molecule has 18 heavy (non-hydrogen) atoms. The summed E-state index contributed by atoms with van der Waals surface area (Å²) in [4.78, 5) is 22.7. The van der Waals surface area contributed by atoms with Gasteiger partial charge in [0.05, 0.1) is 5.39 Å². The summed E-state index contributed by atoms with van der Waals surface area (Å²) in [6.45, 7) is 5.58. The molecule has 2 aromatic rings. The lowest BCUT2D eigenvalue weighted by molar-refractivity contribution is -0.152. The van der Waals surface area contributed by atoms with Crippen molar-refractivity contribution in [2.75, 3.05) is 11.9 Å². The van der Waals surface area contributed by atoms with Gasteiger partial charge in [0.2, 0.25) is 0 Å². The number of aromatic nitrogens is 3. The first-order valence-electron chi connectivity index (χ1n) is 5.69. The number of rotatable bonds is 3. The fourth-order valence-electron chi connectivity index (χ4n) is 1.55. The number of carbonyl (C=O) groups excluding carboxylic acids is 1. The van der Waals surface area contributed by atoms with E-state index in [-0.39, 0.29) is 12.5 Å². The summed E-state index contributed by atoms with van der Waals surface area (Å²) in [6, 6.07) is 1.85. The minimum atomic E-state index is -0.478. The van der Waals surface area contributed by atoms with E-state index in [1.165, 1.54) is 6.33 Å². The molecule has 0 aliphatic rings. The summed E-state index contributed by atoms with van der Waals surface area (Å²) < 4.78 is 5.20. The smallest absolute Gasteiger partial charge is 0.325 e. The predicted molar refractivity (Wildman–Crippen MR) is 68.2 cm³/mol. The van der Waals surface area contributed by atoms with Crippen LogP contribution in [0.25, 0.3) is 11.0 Å². The highest BCUT2D eigenvalue weighted by Crippen LogP contribution is 2.17. The molecular weight excluding hydrogens is 232 g/mol. The van der Waals surface area contributed by atoms with E-state index in [0.717, 1.165) is 11.0 Å². The van der Waals surface area contributed by atoms with E-state index < -0.39 is 5.60 Å². The van der Waals surface area contributed by atoms with Crippen molar-refractivity contribution >= 4 is 22.8 Å². The summed E-state index contributed by atoms with van der Waals surface area (Å²) in [7, 11) is 0. The van der Waals surface area contributed by atoms with Crippen LogP contribution in [-0.4, -0.2) is 33.1 Å². The van der Waals surface area contributed by atoms with Gasteiger partial charge >= 0.3 is 5.97 Å². The van der Waals surface area contributed by atoms with Gasteiger partial charge in [-0.1, -0.05) is 0 Å². The molecule has 2 heterocycles. The van der Waals surface area contributed by atoms with Crippen LogP contribution in [0.5, 0.6) is 0 Å². The molecule has 2 aromatic heterocycles. The van der Waals surface area contributed by atoms with E-state index in [9.17, 15) is 4.79 Å².